The number of hydrogen-bond acceptors (Lipinski definition) is 3. The zero-order valence-corrected chi connectivity index (χ0v) is 13.6. The average molecular weight is 282 g/mol. The molecule has 4 nitrogen and oxygen atoms in total. The molecule has 2 rings (SSSR count). The Hall–Kier alpha value is -0.610. The van der Waals surface area contributed by atoms with E-state index in [0.29, 0.717) is 17.8 Å². The first-order chi connectivity index (χ1) is 9.45. The molecule has 2 aliphatic rings. The van der Waals surface area contributed by atoms with Crippen molar-refractivity contribution < 1.29 is 9.53 Å². The SMILES string of the molecule is CCC(C)C1NC(C(C)C)N(CC2CCOC2C)C1=O. The maximum Gasteiger partial charge on any atom is 0.241 e. The largest absolute Gasteiger partial charge is 0.378 e. The van der Waals surface area contributed by atoms with Crippen LogP contribution in [0.15, 0.2) is 0 Å². The van der Waals surface area contributed by atoms with Crippen LogP contribution in [0.4, 0.5) is 0 Å². The van der Waals surface area contributed by atoms with Crippen LogP contribution in [-0.4, -0.2) is 42.3 Å². The molecule has 2 saturated heterocycles. The molecule has 20 heavy (non-hydrogen) atoms. The van der Waals surface area contributed by atoms with E-state index in [1.165, 1.54) is 0 Å². The van der Waals surface area contributed by atoms with Gasteiger partial charge in [-0.1, -0.05) is 34.1 Å². The van der Waals surface area contributed by atoms with E-state index in [2.05, 4.69) is 44.8 Å². The second-order valence-corrected chi connectivity index (χ2v) is 6.83. The van der Waals surface area contributed by atoms with Gasteiger partial charge in [0.15, 0.2) is 0 Å². The molecular weight excluding hydrogens is 252 g/mol. The first kappa shape index (κ1) is 15.8. The van der Waals surface area contributed by atoms with Crippen LogP contribution in [0.25, 0.3) is 0 Å². The van der Waals surface area contributed by atoms with E-state index in [1.54, 1.807) is 0 Å². The van der Waals surface area contributed by atoms with E-state index in [0.717, 1.165) is 26.0 Å². The predicted octanol–water partition coefficient (Wildman–Crippen LogP) is 2.24. The standard InChI is InChI=1S/C16H30N2O2/c1-6-11(4)14-16(19)18(15(17-14)10(2)3)9-13-7-8-20-12(13)5/h10-15,17H,6-9H2,1-5H3. The highest BCUT2D eigenvalue weighted by Crippen LogP contribution is 2.28. The molecule has 0 aromatic rings. The van der Waals surface area contributed by atoms with Gasteiger partial charge in [0, 0.05) is 19.1 Å². The maximum atomic E-state index is 12.7. The molecule has 116 valence electrons. The maximum absolute atomic E-state index is 12.7. The second kappa shape index (κ2) is 6.44. The molecule has 0 aromatic heterocycles. The number of ether oxygens (including phenoxy) is 1. The van der Waals surface area contributed by atoms with Crippen LogP contribution < -0.4 is 5.32 Å². The summed E-state index contributed by atoms with van der Waals surface area (Å²) in [5.41, 5.74) is 0. The van der Waals surface area contributed by atoms with Crippen molar-refractivity contribution in [3.63, 3.8) is 0 Å². The smallest absolute Gasteiger partial charge is 0.241 e. The Morgan fingerprint density at radius 2 is 2.10 bits per heavy atom. The van der Waals surface area contributed by atoms with E-state index in [4.69, 9.17) is 4.74 Å². The fraction of sp³-hybridized carbons (Fsp3) is 0.938. The number of nitrogens with zero attached hydrogens (tertiary/aromatic N) is 1. The van der Waals surface area contributed by atoms with Gasteiger partial charge in [0.25, 0.3) is 0 Å². The second-order valence-electron chi connectivity index (χ2n) is 6.83. The average Bonchev–Trinajstić information content (AvgIpc) is 2.95. The lowest BCUT2D eigenvalue weighted by molar-refractivity contribution is -0.132. The number of carbonyl (C=O) groups is 1. The molecule has 1 N–H and O–H groups in total. The lowest BCUT2D eigenvalue weighted by atomic mass is 9.98. The third kappa shape index (κ3) is 3.01. The van der Waals surface area contributed by atoms with Crippen LogP contribution in [0.3, 0.4) is 0 Å². The lowest BCUT2D eigenvalue weighted by Crippen LogP contribution is -2.44. The van der Waals surface area contributed by atoms with Gasteiger partial charge in [-0.05, 0) is 25.2 Å². The van der Waals surface area contributed by atoms with Crippen LogP contribution >= 0.6 is 0 Å². The highest BCUT2D eigenvalue weighted by molar-refractivity contribution is 5.84. The van der Waals surface area contributed by atoms with Gasteiger partial charge in [-0.15, -0.1) is 0 Å². The van der Waals surface area contributed by atoms with E-state index in [9.17, 15) is 4.79 Å². The first-order valence-electron chi connectivity index (χ1n) is 8.13. The zero-order valence-electron chi connectivity index (χ0n) is 13.6. The monoisotopic (exact) mass is 282 g/mol. The van der Waals surface area contributed by atoms with Gasteiger partial charge in [-0.25, -0.2) is 0 Å². The predicted molar refractivity (Wildman–Crippen MR) is 80.2 cm³/mol. The molecule has 4 heteroatoms. The molecule has 0 aliphatic carbocycles. The molecule has 5 unspecified atom stereocenters. The van der Waals surface area contributed by atoms with Crippen molar-refractivity contribution >= 4 is 5.91 Å². The Balaban J connectivity index is 2.09. The van der Waals surface area contributed by atoms with Crippen LogP contribution in [0, 0.1) is 17.8 Å². The van der Waals surface area contributed by atoms with Crippen LogP contribution in [0.1, 0.15) is 47.5 Å². The quantitative estimate of drug-likeness (QED) is 0.841. The van der Waals surface area contributed by atoms with Crippen molar-refractivity contribution in [2.24, 2.45) is 17.8 Å². The van der Waals surface area contributed by atoms with Crippen molar-refractivity contribution in [3.05, 3.63) is 0 Å². The zero-order chi connectivity index (χ0) is 14.9. The number of hydrogen-bond donors (Lipinski definition) is 1. The lowest BCUT2D eigenvalue weighted by Gasteiger charge is -2.30. The molecule has 0 saturated carbocycles. The van der Waals surface area contributed by atoms with Crippen molar-refractivity contribution in [2.75, 3.05) is 13.2 Å². The topological polar surface area (TPSA) is 41.6 Å². The minimum atomic E-state index is -0.00923. The molecular formula is C16H30N2O2. The summed E-state index contributed by atoms with van der Waals surface area (Å²) in [6.07, 6.45) is 2.56. The van der Waals surface area contributed by atoms with E-state index < -0.39 is 0 Å². The minimum Gasteiger partial charge on any atom is -0.378 e. The Morgan fingerprint density at radius 1 is 1.40 bits per heavy atom. The van der Waals surface area contributed by atoms with Crippen molar-refractivity contribution in [1.82, 2.24) is 10.2 Å². The molecule has 0 radical (unpaired) electrons. The summed E-state index contributed by atoms with van der Waals surface area (Å²) >= 11 is 0. The number of rotatable bonds is 5. The summed E-state index contributed by atoms with van der Waals surface area (Å²) in [6.45, 7) is 12.5. The van der Waals surface area contributed by atoms with E-state index >= 15 is 0 Å². The highest BCUT2D eigenvalue weighted by atomic mass is 16.5. The first-order valence-corrected chi connectivity index (χ1v) is 8.13. The van der Waals surface area contributed by atoms with Gasteiger partial charge < -0.3 is 9.64 Å². The van der Waals surface area contributed by atoms with Gasteiger partial charge in [-0.3, -0.25) is 10.1 Å². The third-order valence-corrected chi connectivity index (χ3v) is 5.04. The van der Waals surface area contributed by atoms with Gasteiger partial charge >= 0.3 is 0 Å². The fourth-order valence-electron chi connectivity index (χ4n) is 3.33. The van der Waals surface area contributed by atoms with Crippen LogP contribution in [0.2, 0.25) is 0 Å². The summed E-state index contributed by atoms with van der Waals surface area (Å²) in [4.78, 5) is 14.8. The van der Waals surface area contributed by atoms with Gasteiger partial charge in [-0.2, -0.15) is 0 Å². The number of amides is 1. The Morgan fingerprint density at radius 3 is 2.60 bits per heavy atom. The van der Waals surface area contributed by atoms with Crippen LogP contribution in [0.5, 0.6) is 0 Å². The van der Waals surface area contributed by atoms with Crippen molar-refractivity contribution in [2.45, 2.75) is 65.8 Å². The van der Waals surface area contributed by atoms with E-state index in [1.807, 2.05) is 0 Å². The van der Waals surface area contributed by atoms with Crippen molar-refractivity contribution in [3.8, 4) is 0 Å². The molecule has 2 fully saturated rings. The number of nitrogens with one attached hydrogen (secondary N) is 1. The molecule has 2 heterocycles. The summed E-state index contributed by atoms with van der Waals surface area (Å²) in [7, 11) is 0. The number of carbonyl (C=O) groups excluding carboxylic acids is 1. The Kier molecular flexibility index (Phi) is 5.08. The van der Waals surface area contributed by atoms with E-state index in [-0.39, 0.29) is 24.2 Å². The van der Waals surface area contributed by atoms with Gasteiger partial charge in [0.2, 0.25) is 5.91 Å². The van der Waals surface area contributed by atoms with Crippen molar-refractivity contribution in [1.29, 1.82) is 0 Å². The highest BCUT2D eigenvalue weighted by Gasteiger charge is 2.43. The Bertz CT molecular complexity index is 345. The summed E-state index contributed by atoms with van der Waals surface area (Å²) in [5, 5.41) is 3.57. The molecule has 0 bridgehead atoms. The summed E-state index contributed by atoms with van der Waals surface area (Å²) in [5.74, 6) is 1.60. The summed E-state index contributed by atoms with van der Waals surface area (Å²) < 4.78 is 5.64. The molecule has 1 amide bonds. The fourth-order valence-corrected chi connectivity index (χ4v) is 3.33. The molecule has 0 aromatic carbocycles. The summed E-state index contributed by atoms with van der Waals surface area (Å²) in [6, 6.07) is -0.00923. The van der Waals surface area contributed by atoms with Gasteiger partial charge in [0.05, 0.1) is 18.3 Å². The van der Waals surface area contributed by atoms with Gasteiger partial charge in [0.1, 0.15) is 0 Å². The Labute approximate surface area is 123 Å². The molecule has 0 spiro atoms. The molecule has 2 aliphatic heterocycles. The molecule has 5 atom stereocenters. The minimum absolute atomic E-state index is 0.00923. The van der Waals surface area contributed by atoms with Crippen LogP contribution in [-0.2, 0) is 9.53 Å². The third-order valence-electron chi connectivity index (χ3n) is 5.04. The normalized spacial score (nSPS) is 36.1.